The molecular formula is C12H20N2O3S. The van der Waals surface area contributed by atoms with Crippen LogP contribution in [0, 0.1) is 6.92 Å². The Morgan fingerprint density at radius 1 is 1.39 bits per heavy atom. The Labute approximate surface area is 108 Å². The second-order valence-corrected chi connectivity index (χ2v) is 5.73. The van der Waals surface area contributed by atoms with Crippen LogP contribution in [0.4, 0.5) is 5.69 Å². The molecular weight excluding hydrogens is 252 g/mol. The fourth-order valence-corrected chi connectivity index (χ4v) is 2.58. The number of hydrogen-bond donors (Lipinski definition) is 2. The Hall–Kier alpha value is -1.11. The van der Waals surface area contributed by atoms with Gasteiger partial charge in [-0.3, -0.25) is 0 Å². The van der Waals surface area contributed by atoms with Gasteiger partial charge in [0, 0.05) is 25.4 Å². The van der Waals surface area contributed by atoms with Crippen molar-refractivity contribution in [3.8, 4) is 0 Å². The Kier molecular flexibility index (Phi) is 5.58. The maximum absolute atomic E-state index is 11.9. The van der Waals surface area contributed by atoms with E-state index in [-0.39, 0.29) is 4.90 Å². The van der Waals surface area contributed by atoms with Gasteiger partial charge < -0.3 is 10.5 Å². The molecule has 0 bridgehead atoms. The lowest BCUT2D eigenvalue weighted by Crippen LogP contribution is -2.25. The summed E-state index contributed by atoms with van der Waals surface area (Å²) in [6.07, 6.45) is 0.654. The van der Waals surface area contributed by atoms with E-state index in [1.165, 1.54) is 6.07 Å². The number of nitrogens with two attached hydrogens (primary N) is 1. The maximum Gasteiger partial charge on any atom is 0.240 e. The second kappa shape index (κ2) is 6.72. The van der Waals surface area contributed by atoms with Gasteiger partial charge in [-0.25, -0.2) is 13.1 Å². The van der Waals surface area contributed by atoms with E-state index in [9.17, 15) is 8.42 Å². The van der Waals surface area contributed by atoms with E-state index in [2.05, 4.69) is 4.72 Å². The molecule has 6 heteroatoms. The van der Waals surface area contributed by atoms with Crippen LogP contribution < -0.4 is 10.5 Å². The lowest BCUT2D eigenvalue weighted by atomic mass is 10.2. The van der Waals surface area contributed by atoms with Gasteiger partial charge in [0.2, 0.25) is 10.0 Å². The Balaban J connectivity index is 2.60. The van der Waals surface area contributed by atoms with Gasteiger partial charge in [0.1, 0.15) is 0 Å². The van der Waals surface area contributed by atoms with Crippen LogP contribution in [0.5, 0.6) is 0 Å². The number of aryl methyl sites for hydroxylation is 1. The van der Waals surface area contributed by atoms with Crippen LogP contribution in [-0.4, -0.2) is 28.2 Å². The molecule has 1 rings (SSSR count). The summed E-state index contributed by atoms with van der Waals surface area (Å²) in [6.45, 7) is 5.25. The zero-order valence-electron chi connectivity index (χ0n) is 10.8. The summed E-state index contributed by atoms with van der Waals surface area (Å²) in [5.41, 5.74) is 7.00. The predicted molar refractivity (Wildman–Crippen MR) is 71.9 cm³/mol. The maximum atomic E-state index is 11.9. The SMILES string of the molecule is CCOCCCNS(=O)(=O)c1ccc(N)c(C)c1. The summed E-state index contributed by atoms with van der Waals surface area (Å²) in [4.78, 5) is 0.241. The first-order valence-corrected chi connectivity index (χ1v) is 7.39. The number of nitrogens with one attached hydrogen (secondary N) is 1. The number of rotatable bonds is 7. The molecule has 0 fully saturated rings. The molecule has 0 aromatic heterocycles. The van der Waals surface area contributed by atoms with Gasteiger partial charge in [-0.1, -0.05) is 0 Å². The molecule has 3 N–H and O–H groups in total. The molecule has 0 amide bonds. The lowest BCUT2D eigenvalue weighted by Gasteiger charge is -2.08. The van der Waals surface area contributed by atoms with Crippen molar-refractivity contribution in [1.29, 1.82) is 0 Å². The van der Waals surface area contributed by atoms with Crippen LogP contribution in [0.2, 0.25) is 0 Å². The Morgan fingerprint density at radius 3 is 2.72 bits per heavy atom. The summed E-state index contributed by atoms with van der Waals surface area (Å²) in [7, 11) is -3.45. The zero-order valence-corrected chi connectivity index (χ0v) is 11.6. The fraction of sp³-hybridized carbons (Fsp3) is 0.500. The monoisotopic (exact) mass is 272 g/mol. The summed E-state index contributed by atoms with van der Waals surface area (Å²) in [5.74, 6) is 0. The van der Waals surface area contributed by atoms with Gasteiger partial charge in [0.05, 0.1) is 4.90 Å². The molecule has 1 aromatic carbocycles. The van der Waals surface area contributed by atoms with E-state index in [4.69, 9.17) is 10.5 Å². The highest BCUT2D eigenvalue weighted by molar-refractivity contribution is 7.89. The Bertz CT molecular complexity index is 486. The van der Waals surface area contributed by atoms with Crippen molar-refractivity contribution < 1.29 is 13.2 Å². The van der Waals surface area contributed by atoms with Crippen molar-refractivity contribution in [3.63, 3.8) is 0 Å². The molecule has 102 valence electrons. The average Bonchev–Trinajstić information content (AvgIpc) is 2.32. The fourth-order valence-electron chi connectivity index (χ4n) is 1.42. The second-order valence-electron chi connectivity index (χ2n) is 3.97. The number of ether oxygens (including phenoxy) is 1. The summed E-state index contributed by atoms with van der Waals surface area (Å²) in [6, 6.07) is 4.68. The standard InChI is InChI=1S/C12H20N2O3S/c1-3-17-8-4-7-14-18(15,16)11-5-6-12(13)10(2)9-11/h5-6,9,14H,3-4,7-8,13H2,1-2H3. The normalized spacial score (nSPS) is 11.7. The van der Waals surface area contributed by atoms with Crippen LogP contribution in [0.15, 0.2) is 23.1 Å². The molecule has 0 spiro atoms. The molecule has 18 heavy (non-hydrogen) atoms. The topological polar surface area (TPSA) is 81.4 Å². The van der Waals surface area contributed by atoms with Crippen LogP contribution >= 0.6 is 0 Å². The van der Waals surface area contributed by atoms with E-state index < -0.39 is 10.0 Å². The van der Waals surface area contributed by atoms with E-state index in [0.717, 1.165) is 5.56 Å². The van der Waals surface area contributed by atoms with E-state index in [1.807, 2.05) is 6.92 Å². The average molecular weight is 272 g/mol. The smallest absolute Gasteiger partial charge is 0.240 e. The molecule has 0 aliphatic rings. The van der Waals surface area contributed by atoms with Crippen LogP contribution in [-0.2, 0) is 14.8 Å². The lowest BCUT2D eigenvalue weighted by molar-refractivity contribution is 0.146. The van der Waals surface area contributed by atoms with Gasteiger partial charge in [0.15, 0.2) is 0 Å². The molecule has 0 atom stereocenters. The van der Waals surface area contributed by atoms with Crippen molar-refractivity contribution in [3.05, 3.63) is 23.8 Å². The van der Waals surface area contributed by atoms with Gasteiger partial charge in [-0.05, 0) is 44.0 Å². The summed E-state index contributed by atoms with van der Waals surface area (Å²) in [5, 5.41) is 0. The van der Waals surface area contributed by atoms with E-state index in [0.29, 0.717) is 31.9 Å². The van der Waals surface area contributed by atoms with E-state index in [1.54, 1.807) is 19.1 Å². The third kappa shape index (κ3) is 4.29. The molecule has 0 saturated heterocycles. The molecule has 0 saturated carbocycles. The minimum Gasteiger partial charge on any atom is -0.399 e. The molecule has 0 aliphatic carbocycles. The van der Waals surface area contributed by atoms with Gasteiger partial charge >= 0.3 is 0 Å². The molecule has 1 aromatic rings. The zero-order chi connectivity index (χ0) is 13.6. The molecule has 0 heterocycles. The minimum absolute atomic E-state index is 0.241. The molecule has 0 unspecified atom stereocenters. The Morgan fingerprint density at radius 2 is 2.11 bits per heavy atom. The number of anilines is 1. The first kappa shape index (κ1) is 14.9. The van der Waals surface area contributed by atoms with Crippen LogP contribution in [0.1, 0.15) is 18.9 Å². The van der Waals surface area contributed by atoms with Crippen molar-refractivity contribution in [2.45, 2.75) is 25.2 Å². The first-order valence-electron chi connectivity index (χ1n) is 5.91. The van der Waals surface area contributed by atoms with Gasteiger partial charge in [-0.15, -0.1) is 0 Å². The van der Waals surface area contributed by atoms with Gasteiger partial charge in [-0.2, -0.15) is 0 Å². The number of hydrogen-bond acceptors (Lipinski definition) is 4. The highest BCUT2D eigenvalue weighted by Crippen LogP contribution is 2.16. The third-order valence-corrected chi connectivity index (χ3v) is 3.97. The highest BCUT2D eigenvalue weighted by Gasteiger charge is 2.13. The first-order chi connectivity index (χ1) is 8.47. The number of benzene rings is 1. The summed E-state index contributed by atoms with van der Waals surface area (Å²) < 4.78 is 31.5. The molecule has 0 radical (unpaired) electrons. The quantitative estimate of drug-likeness (QED) is 0.579. The van der Waals surface area contributed by atoms with Crippen molar-refractivity contribution >= 4 is 15.7 Å². The largest absolute Gasteiger partial charge is 0.399 e. The minimum atomic E-state index is -3.45. The van der Waals surface area contributed by atoms with E-state index >= 15 is 0 Å². The van der Waals surface area contributed by atoms with Gasteiger partial charge in [0.25, 0.3) is 0 Å². The molecule has 0 aliphatic heterocycles. The summed E-state index contributed by atoms with van der Waals surface area (Å²) >= 11 is 0. The highest BCUT2D eigenvalue weighted by atomic mass is 32.2. The van der Waals surface area contributed by atoms with Crippen LogP contribution in [0.3, 0.4) is 0 Å². The van der Waals surface area contributed by atoms with Crippen molar-refractivity contribution in [2.75, 3.05) is 25.5 Å². The molecule has 5 nitrogen and oxygen atoms in total. The van der Waals surface area contributed by atoms with Crippen molar-refractivity contribution in [2.24, 2.45) is 0 Å². The number of sulfonamides is 1. The number of nitrogen functional groups attached to an aromatic ring is 1. The van der Waals surface area contributed by atoms with Crippen molar-refractivity contribution in [1.82, 2.24) is 4.72 Å². The van der Waals surface area contributed by atoms with Crippen LogP contribution in [0.25, 0.3) is 0 Å². The third-order valence-electron chi connectivity index (χ3n) is 2.51. The predicted octanol–water partition coefficient (Wildman–Crippen LogP) is 1.28.